The Hall–Kier alpha value is -1.92. The molecule has 1 aromatic rings. The number of aromatic nitrogens is 2. The van der Waals surface area contributed by atoms with Crippen LogP contribution in [-0.2, 0) is 4.79 Å². The van der Waals surface area contributed by atoms with Gasteiger partial charge in [-0.1, -0.05) is 6.92 Å². The second-order valence-corrected chi connectivity index (χ2v) is 2.76. The van der Waals surface area contributed by atoms with Gasteiger partial charge in [0.2, 0.25) is 5.91 Å². The van der Waals surface area contributed by atoms with E-state index in [9.17, 15) is 14.9 Å². The number of nitrogens with two attached hydrogens (primary N) is 1. The first-order valence-corrected chi connectivity index (χ1v) is 4.04. The lowest BCUT2D eigenvalue weighted by Gasteiger charge is -2.09. The molecule has 0 saturated carbocycles. The van der Waals surface area contributed by atoms with E-state index in [4.69, 9.17) is 5.73 Å². The molecule has 2 N–H and O–H groups in total. The lowest BCUT2D eigenvalue weighted by molar-refractivity contribution is -0.385. The number of rotatable bonds is 4. The van der Waals surface area contributed by atoms with Crippen LogP contribution in [0.3, 0.4) is 0 Å². The molecule has 0 radical (unpaired) electrons. The molecule has 0 bridgehead atoms. The van der Waals surface area contributed by atoms with Crippen molar-refractivity contribution in [2.45, 2.75) is 19.4 Å². The normalized spacial score (nSPS) is 12.4. The summed E-state index contributed by atoms with van der Waals surface area (Å²) < 4.78 is 1.21. The Morgan fingerprint density at radius 2 is 2.50 bits per heavy atom. The first-order chi connectivity index (χ1) is 6.56. The highest BCUT2D eigenvalue weighted by molar-refractivity contribution is 5.78. The highest BCUT2D eigenvalue weighted by Gasteiger charge is 2.18. The van der Waals surface area contributed by atoms with E-state index in [1.807, 2.05) is 0 Å². The second-order valence-electron chi connectivity index (χ2n) is 2.76. The van der Waals surface area contributed by atoms with Crippen LogP contribution in [0.2, 0.25) is 0 Å². The zero-order valence-corrected chi connectivity index (χ0v) is 7.58. The van der Waals surface area contributed by atoms with Crippen LogP contribution >= 0.6 is 0 Å². The molecule has 76 valence electrons. The van der Waals surface area contributed by atoms with Gasteiger partial charge in [0.25, 0.3) is 0 Å². The van der Waals surface area contributed by atoms with Crippen LogP contribution in [0, 0.1) is 10.1 Å². The highest BCUT2D eigenvalue weighted by atomic mass is 16.6. The molecule has 0 spiro atoms. The molecule has 14 heavy (non-hydrogen) atoms. The topological polar surface area (TPSA) is 104 Å². The van der Waals surface area contributed by atoms with Gasteiger partial charge in [-0.25, -0.2) is 0 Å². The average molecular weight is 198 g/mol. The van der Waals surface area contributed by atoms with E-state index in [0.29, 0.717) is 6.42 Å². The predicted molar refractivity (Wildman–Crippen MR) is 47.4 cm³/mol. The Labute approximate surface area is 79.7 Å². The molecule has 1 rings (SSSR count). The third kappa shape index (κ3) is 1.87. The summed E-state index contributed by atoms with van der Waals surface area (Å²) in [5, 5.41) is 14.0. The fraction of sp³-hybridized carbons (Fsp3) is 0.429. The molecule has 7 nitrogen and oxygen atoms in total. The van der Waals surface area contributed by atoms with Crippen LogP contribution in [0.1, 0.15) is 19.4 Å². The van der Waals surface area contributed by atoms with Crippen molar-refractivity contribution in [1.82, 2.24) is 9.78 Å². The molecule has 1 unspecified atom stereocenters. The first-order valence-electron chi connectivity index (χ1n) is 4.04. The monoisotopic (exact) mass is 198 g/mol. The largest absolute Gasteiger partial charge is 0.368 e. The van der Waals surface area contributed by atoms with Crippen LogP contribution in [0.15, 0.2) is 12.4 Å². The van der Waals surface area contributed by atoms with Crippen molar-refractivity contribution in [3.05, 3.63) is 22.5 Å². The molecule has 0 fully saturated rings. The Bertz CT molecular complexity index is 360. The van der Waals surface area contributed by atoms with Gasteiger partial charge in [0.1, 0.15) is 18.4 Å². The number of primary amides is 1. The maximum Gasteiger partial charge on any atom is 0.307 e. The van der Waals surface area contributed by atoms with Gasteiger partial charge in [0.05, 0.1) is 4.92 Å². The third-order valence-corrected chi connectivity index (χ3v) is 1.83. The lowest BCUT2D eigenvalue weighted by atomic mass is 10.2. The fourth-order valence-electron chi connectivity index (χ4n) is 1.11. The smallest absolute Gasteiger partial charge is 0.307 e. The van der Waals surface area contributed by atoms with E-state index in [2.05, 4.69) is 5.10 Å². The molecular formula is C7H10N4O3. The molecule has 7 heteroatoms. The zero-order chi connectivity index (χ0) is 10.7. The number of carbonyl (C=O) groups excluding carboxylic acids is 1. The molecule has 1 aromatic heterocycles. The Morgan fingerprint density at radius 1 is 1.86 bits per heavy atom. The molecule has 0 aliphatic rings. The van der Waals surface area contributed by atoms with Gasteiger partial charge in [0.15, 0.2) is 0 Å². The summed E-state index contributed by atoms with van der Waals surface area (Å²) >= 11 is 0. The summed E-state index contributed by atoms with van der Waals surface area (Å²) in [5.74, 6) is -0.550. The van der Waals surface area contributed by atoms with E-state index in [0.717, 1.165) is 6.20 Å². The number of hydrogen-bond acceptors (Lipinski definition) is 4. The minimum absolute atomic E-state index is 0.148. The number of hydrogen-bond donors (Lipinski definition) is 1. The molecule has 0 aliphatic carbocycles. The van der Waals surface area contributed by atoms with Crippen LogP contribution in [-0.4, -0.2) is 20.6 Å². The van der Waals surface area contributed by atoms with Crippen molar-refractivity contribution in [2.75, 3.05) is 0 Å². The first kappa shape index (κ1) is 10.2. The maximum atomic E-state index is 10.9. The number of carbonyl (C=O) groups is 1. The molecule has 1 amide bonds. The number of nitro groups is 1. The van der Waals surface area contributed by atoms with Gasteiger partial charge < -0.3 is 5.73 Å². The Morgan fingerprint density at radius 3 is 2.86 bits per heavy atom. The van der Waals surface area contributed by atoms with Crippen molar-refractivity contribution in [2.24, 2.45) is 5.73 Å². The van der Waals surface area contributed by atoms with Crippen molar-refractivity contribution in [3.63, 3.8) is 0 Å². The summed E-state index contributed by atoms with van der Waals surface area (Å²) in [5.41, 5.74) is 4.95. The zero-order valence-electron chi connectivity index (χ0n) is 7.58. The van der Waals surface area contributed by atoms with E-state index in [1.165, 1.54) is 10.9 Å². The fourth-order valence-corrected chi connectivity index (χ4v) is 1.11. The van der Waals surface area contributed by atoms with Crippen LogP contribution in [0.4, 0.5) is 5.69 Å². The van der Waals surface area contributed by atoms with Crippen molar-refractivity contribution < 1.29 is 9.72 Å². The molecule has 0 aliphatic heterocycles. The van der Waals surface area contributed by atoms with Crippen molar-refractivity contribution in [3.8, 4) is 0 Å². The van der Waals surface area contributed by atoms with E-state index in [-0.39, 0.29) is 5.69 Å². The van der Waals surface area contributed by atoms with Crippen LogP contribution in [0.5, 0.6) is 0 Å². The summed E-state index contributed by atoms with van der Waals surface area (Å²) in [6, 6.07) is -0.622. The molecule has 1 atom stereocenters. The summed E-state index contributed by atoms with van der Waals surface area (Å²) in [6.45, 7) is 1.75. The number of nitrogens with zero attached hydrogens (tertiary/aromatic N) is 3. The summed E-state index contributed by atoms with van der Waals surface area (Å²) in [7, 11) is 0. The minimum atomic E-state index is -0.622. The molecule has 0 saturated heterocycles. The van der Waals surface area contributed by atoms with Gasteiger partial charge in [-0.3, -0.25) is 19.6 Å². The van der Waals surface area contributed by atoms with Crippen molar-refractivity contribution >= 4 is 11.6 Å². The predicted octanol–water partition coefficient (Wildman–Crippen LogP) is 0.228. The quantitative estimate of drug-likeness (QED) is 0.552. The van der Waals surface area contributed by atoms with E-state index in [1.54, 1.807) is 6.92 Å². The summed E-state index contributed by atoms with van der Waals surface area (Å²) in [4.78, 5) is 20.7. The second kappa shape index (κ2) is 3.86. The number of amides is 1. The average Bonchev–Trinajstić information content (AvgIpc) is 2.53. The Balaban J connectivity index is 2.95. The maximum absolute atomic E-state index is 10.9. The van der Waals surface area contributed by atoms with Gasteiger partial charge in [-0.05, 0) is 6.42 Å². The molecular weight excluding hydrogens is 188 g/mol. The van der Waals surface area contributed by atoms with Gasteiger partial charge >= 0.3 is 5.69 Å². The van der Waals surface area contributed by atoms with Crippen LogP contribution in [0.25, 0.3) is 0 Å². The van der Waals surface area contributed by atoms with E-state index < -0.39 is 16.9 Å². The van der Waals surface area contributed by atoms with Crippen LogP contribution < -0.4 is 5.73 Å². The van der Waals surface area contributed by atoms with E-state index >= 15 is 0 Å². The summed E-state index contributed by atoms with van der Waals surface area (Å²) in [6.07, 6.45) is 2.73. The third-order valence-electron chi connectivity index (χ3n) is 1.83. The van der Waals surface area contributed by atoms with Gasteiger partial charge in [-0.15, -0.1) is 0 Å². The molecule has 1 heterocycles. The van der Waals surface area contributed by atoms with Gasteiger partial charge in [-0.2, -0.15) is 5.10 Å². The van der Waals surface area contributed by atoms with Crippen molar-refractivity contribution in [1.29, 1.82) is 0 Å². The Kier molecular flexibility index (Phi) is 2.80. The lowest BCUT2D eigenvalue weighted by Crippen LogP contribution is -2.26. The molecule has 0 aromatic carbocycles. The highest BCUT2D eigenvalue weighted by Crippen LogP contribution is 2.14. The standard InChI is InChI=1S/C7H10N4O3/c1-2-6(7(8)12)10-4-5(3-9-10)11(13)14/h3-4,6H,2H2,1H3,(H2,8,12). The minimum Gasteiger partial charge on any atom is -0.368 e. The SMILES string of the molecule is CCC(C(N)=O)n1cc([N+](=O)[O-])cn1. The van der Waals surface area contributed by atoms with Gasteiger partial charge in [0, 0.05) is 0 Å².